The number of urea groups is 1. The van der Waals surface area contributed by atoms with Crippen LogP contribution in [0.15, 0.2) is 54.6 Å². The van der Waals surface area contributed by atoms with E-state index in [0.717, 1.165) is 12.1 Å². The second-order valence-corrected chi connectivity index (χ2v) is 5.63. The first-order valence-corrected chi connectivity index (χ1v) is 7.43. The van der Waals surface area contributed by atoms with Gasteiger partial charge in [0.05, 0.1) is 0 Å². The number of anilines is 2. The molecule has 2 rings (SSSR count). The third-order valence-corrected chi connectivity index (χ3v) is 3.40. The highest BCUT2D eigenvalue weighted by Crippen LogP contribution is 2.13. The minimum Gasteiger partial charge on any atom is -0.378 e. The van der Waals surface area contributed by atoms with Gasteiger partial charge in [0.2, 0.25) is 0 Å². The monoisotopic (exact) mass is 297 g/mol. The number of carbonyl (C=O) groups is 1. The molecule has 0 spiro atoms. The van der Waals surface area contributed by atoms with Crippen LogP contribution in [-0.2, 0) is 6.42 Å². The molecule has 0 aliphatic rings. The number of carbonyl (C=O) groups excluding carboxylic acids is 1. The van der Waals surface area contributed by atoms with Crippen molar-refractivity contribution in [3.05, 3.63) is 60.2 Å². The van der Waals surface area contributed by atoms with Crippen molar-refractivity contribution in [2.75, 3.05) is 24.3 Å². The molecule has 2 aromatic rings. The van der Waals surface area contributed by atoms with E-state index in [1.165, 1.54) is 11.3 Å². The van der Waals surface area contributed by atoms with E-state index >= 15 is 0 Å². The molecule has 1 atom stereocenters. The van der Waals surface area contributed by atoms with E-state index < -0.39 is 0 Å². The molecular formula is C18H23N3O. The summed E-state index contributed by atoms with van der Waals surface area (Å²) >= 11 is 0. The lowest BCUT2D eigenvalue weighted by atomic mass is 10.1. The number of para-hydroxylation sites is 1. The predicted molar refractivity (Wildman–Crippen MR) is 92.5 cm³/mol. The van der Waals surface area contributed by atoms with Crippen LogP contribution in [0.5, 0.6) is 0 Å². The Labute approximate surface area is 132 Å². The van der Waals surface area contributed by atoms with E-state index in [4.69, 9.17) is 0 Å². The molecule has 1 unspecified atom stereocenters. The van der Waals surface area contributed by atoms with Crippen LogP contribution < -0.4 is 15.5 Å². The number of rotatable bonds is 5. The molecule has 0 bridgehead atoms. The van der Waals surface area contributed by atoms with E-state index in [1.807, 2.05) is 51.4 Å². The number of hydrogen-bond donors (Lipinski definition) is 2. The zero-order valence-corrected chi connectivity index (χ0v) is 13.3. The maximum absolute atomic E-state index is 11.9. The van der Waals surface area contributed by atoms with Crippen LogP contribution in [0.4, 0.5) is 16.2 Å². The van der Waals surface area contributed by atoms with Crippen LogP contribution in [0.3, 0.4) is 0 Å². The first-order chi connectivity index (χ1) is 10.5. The van der Waals surface area contributed by atoms with Gasteiger partial charge in [-0.2, -0.15) is 0 Å². The molecule has 0 heterocycles. The lowest BCUT2D eigenvalue weighted by molar-refractivity contribution is 0.249. The zero-order valence-electron chi connectivity index (χ0n) is 13.3. The van der Waals surface area contributed by atoms with Gasteiger partial charge in [0.1, 0.15) is 0 Å². The second kappa shape index (κ2) is 7.50. The Morgan fingerprint density at radius 3 is 2.27 bits per heavy atom. The van der Waals surface area contributed by atoms with Crippen molar-refractivity contribution in [1.82, 2.24) is 5.32 Å². The van der Waals surface area contributed by atoms with E-state index in [9.17, 15) is 4.79 Å². The summed E-state index contributed by atoms with van der Waals surface area (Å²) in [7, 11) is 4.04. The van der Waals surface area contributed by atoms with Gasteiger partial charge in [0, 0.05) is 31.5 Å². The molecule has 0 aliphatic heterocycles. The Kier molecular flexibility index (Phi) is 5.42. The van der Waals surface area contributed by atoms with Crippen molar-refractivity contribution >= 4 is 17.4 Å². The molecule has 0 saturated carbocycles. The van der Waals surface area contributed by atoms with Crippen LogP contribution in [0.1, 0.15) is 12.5 Å². The number of nitrogens with one attached hydrogen (secondary N) is 2. The number of hydrogen-bond acceptors (Lipinski definition) is 2. The summed E-state index contributed by atoms with van der Waals surface area (Å²) in [5.74, 6) is 0. The summed E-state index contributed by atoms with van der Waals surface area (Å²) in [4.78, 5) is 14.0. The number of nitrogens with zero attached hydrogens (tertiary/aromatic N) is 1. The molecule has 2 aromatic carbocycles. The van der Waals surface area contributed by atoms with Gasteiger partial charge in [0.15, 0.2) is 0 Å². The highest BCUT2D eigenvalue weighted by molar-refractivity contribution is 5.89. The Balaban J connectivity index is 1.84. The molecule has 0 fully saturated rings. The van der Waals surface area contributed by atoms with E-state index in [1.54, 1.807) is 0 Å². The third-order valence-electron chi connectivity index (χ3n) is 3.40. The molecular weight excluding hydrogens is 274 g/mol. The van der Waals surface area contributed by atoms with Gasteiger partial charge in [-0.05, 0) is 43.2 Å². The van der Waals surface area contributed by atoms with E-state index in [0.29, 0.717) is 0 Å². The normalized spacial score (nSPS) is 11.6. The average Bonchev–Trinajstić information content (AvgIpc) is 2.48. The molecule has 2 amide bonds. The maximum atomic E-state index is 11.9. The Bertz CT molecular complexity index is 593. The van der Waals surface area contributed by atoms with Crippen LogP contribution in [0.2, 0.25) is 0 Å². The fourth-order valence-electron chi connectivity index (χ4n) is 2.25. The average molecular weight is 297 g/mol. The number of benzene rings is 2. The molecule has 22 heavy (non-hydrogen) atoms. The van der Waals surface area contributed by atoms with E-state index in [2.05, 4.69) is 39.8 Å². The summed E-state index contributed by atoms with van der Waals surface area (Å²) in [6.07, 6.45) is 0.802. The van der Waals surface area contributed by atoms with Gasteiger partial charge in [0.25, 0.3) is 0 Å². The van der Waals surface area contributed by atoms with Gasteiger partial charge in [-0.1, -0.05) is 30.3 Å². The quantitative estimate of drug-likeness (QED) is 0.887. The fraction of sp³-hybridized carbons (Fsp3) is 0.278. The van der Waals surface area contributed by atoms with Gasteiger partial charge in [-0.15, -0.1) is 0 Å². The van der Waals surface area contributed by atoms with Crippen molar-refractivity contribution in [1.29, 1.82) is 0 Å². The molecule has 2 N–H and O–H groups in total. The first kappa shape index (κ1) is 15.9. The summed E-state index contributed by atoms with van der Waals surface area (Å²) in [5, 5.41) is 5.78. The second-order valence-electron chi connectivity index (χ2n) is 5.63. The molecule has 0 aliphatic carbocycles. The molecule has 4 nitrogen and oxygen atoms in total. The van der Waals surface area contributed by atoms with Crippen molar-refractivity contribution in [2.24, 2.45) is 0 Å². The summed E-state index contributed by atoms with van der Waals surface area (Å²) in [5.41, 5.74) is 3.17. The van der Waals surface area contributed by atoms with E-state index in [-0.39, 0.29) is 12.1 Å². The number of amides is 2. The largest absolute Gasteiger partial charge is 0.378 e. The first-order valence-electron chi connectivity index (χ1n) is 7.43. The lowest BCUT2D eigenvalue weighted by Gasteiger charge is -2.16. The highest BCUT2D eigenvalue weighted by atomic mass is 16.2. The standard InChI is InChI=1S/C18H23N3O/c1-14(13-15-9-11-17(12-10-15)21(2)3)19-18(22)20-16-7-5-4-6-8-16/h4-12,14H,13H2,1-3H3,(H2,19,20,22). The van der Waals surface area contributed by atoms with Gasteiger partial charge in [-0.3, -0.25) is 0 Å². The van der Waals surface area contributed by atoms with Gasteiger partial charge >= 0.3 is 6.03 Å². The lowest BCUT2D eigenvalue weighted by Crippen LogP contribution is -2.37. The van der Waals surface area contributed by atoms with Crippen molar-refractivity contribution in [2.45, 2.75) is 19.4 Å². The van der Waals surface area contributed by atoms with Crippen LogP contribution in [0, 0.1) is 0 Å². The maximum Gasteiger partial charge on any atom is 0.319 e. The van der Waals surface area contributed by atoms with Gasteiger partial charge in [-0.25, -0.2) is 4.79 Å². The van der Waals surface area contributed by atoms with Crippen molar-refractivity contribution in [3.63, 3.8) is 0 Å². The molecule has 0 aromatic heterocycles. The topological polar surface area (TPSA) is 44.4 Å². The Morgan fingerprint density at radius 1 is 1.05 bits per heavy atom. The minimum atomic E-state index is -0.177. The SMILES string of the molecule is CC(Cc1ccc(N(C)C)cc1)NC(=O)Nc1ccccc1. The van der Waals surface area contributed by atoms with Crippen LogP contribution in [0.25, 0.3) is 0 Å². The Morgan fingerprint density at radius 2 is 1.68 bits per heavy atom. The van der Waals surface area contributed by atoms with Crippen molar-refractivity contribution < 1.29 is 4.79 Å². The smallest absolute Gasteiger partial charge is 0.319 e. The third kappa shape index (κ3) is 4.81. The zero-order chi connectivity index (χ0) is 15.9. The molecule has 0 radical (unpaired) electrons. The minimum absolute atomic E-state index is 0.0638. The molecule has 0 saturated heterocycles. The summed E-state index contributed by atoms with van der Waals surface area (Å²) in [6, 6.07) is 17.7. The highest BCUT2D eigenvalue weighted by Gasteiger charge is 2.08. The summed E-state index contributed by atoms with van der Waals surface area (Å²) in [6.45, 7) is 2.00. The Hall–Kier alpha value is -2.49. The predicted octanol–water partition coefficient (Wildman–Crippen LogP) is 3.51. The molecule has 116 valence electrons. The summed E-state index contributed by atoms with van der Waals surface area (Å²) < 4.78 is 0. The van der Waals surface area contributed by atoms with Crippen LogP contribution >= 0.6 is 0 Å². The van der Waals surface area contributed by atoms with Gasteiger partial charge < -0.3 is 15.5 Å². The molecule has 4 heteroatoms. The van der Waals surface area contributed by atoms with Crippen LogP contribution in [-0.4, -0.2) is 26.2 Å². The fourth-order valence-corrected chi connectivity index (χ4v) is 2.25. The van der Waals surface area contributed by atoms with Crippen molar-refractivity contribution in [3.8, 4) is 0 Å².